The molecular formula is C15H36N4O. The highest BCUT2D eigenvalue weighted by Crippen LogP contribution is 1.94. The van der Waals surface area contributed by atoms with Gasteiger partial charge in [0.1, 0.15) is 0 Å². The smallest absolute Gasteiger partial charge is 0.0991 e. The summed E-state index contributed by atoms with van der Waals surface area (Å²) in [6.45, 7) is 19.7. The summed E-state index contributed by atoms with van der Waals surface area (Å²) in [6, 6.07) is 0. The van der Waals surface area contributed by atoms with Gasteiger partial charge in [-0.25, -0.2) is 0 Å². The minimum absolute atomic E-state index is 0.799. The molecule has 0 aliphatic carbocycles. The molecule has 0 aromatic rings. The summed E-state index contributed by atoms with van der Waals surface area (Å²) in [5.41, 5.74) is 0. The van der Waals surface area contributed by atoms with Crippen LogP contribution >= 0.6 is 0 Å². The molecule has 0 radical (unpaired) electrons. The van der Waals surface area contributed by atoms with Crippen molar-refractivity contribution in [1.82, 2.24) is 20.4 Å². The van der Waals surface area contributed by atoms with E-state index in [1.54, 1.807) is 0 Å². The van der Waals surface area contributed by atoms with Crippen LogP contribution < -0.4 is 10.6 Å². The van der Waals surface area contributed by atoms with E-state index in [-0.39, 0.29) is 0 Å². The minimum atomic E-state index is 0.799. The topological polar surface area (TPSA) is 39.8 Å². The second kappa shape index (κ2) is 15.2. The molecule has 0 bridgehead atoms. The van der Waals surface area contributed by atoms with Crippen LogP contribution in [-0.2, 0) is 4.74 Å². The van der Waals surface area contributed by atoms with Crippen LogP contribution in [0, 0.1) is 0 Å². The molecule has 2 N–H and O–H groups in total. The van der Waals surface area contributed by atoms with Crippen molar-refractivity contribution in [3.05, 3.63) is 0 Å². The number of nitrogens with one attached hydrogen (secondary N) is 2. The normalized spacial score (nSPS) is 20.4. The number of rotatable bonds is 5. The van der Waals surface area contributed by atoms with Crippen LogP contribution in [0.15, 0.2) is 0 Å². The van der Waals surface area contributed by atoms with Crippen molar-refractivity contribution in [3.8, 4) is 0 Å². The first kappa shape index (κ1) is 19.8. The Kier molecular flexibility index (Phi) is 15.0. The summed E-state index contributed by atoms with van der Waals surface area (Å²) in [7, 11) is 0. The number of nitrogens with zero attached hydrogens (tertiary/aromatic N) is 2. The van der Waals surface area contributed by atoms with Crippen molar-refractivity contribution in [2.24, 2.45) is 0 Å². The lowest BCUT2D eigenvalue weighted by Gasteiger charge is -2.29. The fourth-order valence-electron chi connectivity index (χ4n) is 2.16. The molecule has 5 heteroatoms. The van der Waals surface area contributed by atoms with E-state index < -0.39 is 0 Å². The van der Waals surface area contributed by atoms with Crippen LogP contribution in [0.5, 0.6) is 0 Å². The lowest BCUT2D eigenvalue weighted by atomic mass is 10.4. The summed E-state index contributed by atoms with van der Waals surface area (Å²) in [4.78, 5) is 4.84. The van der Waals surface area contributed by atoms with Crippen molar-refractivity contribution in [1.29, 1.82) is 0 Å². The van der Waals surface area contributed by atoms with Gasteiger partial charge in [0.15, 0.2) is 0 Å². The predicted molar refractivity (Wildman–Crippen MR) is 87.3 cm³/mol. The van der Waals surface area contributed by atoms with Gasteiger partial charge >= 0.3 is 0 Å². The Labute approximate surface area is 126 Å². The van der Waals surface area contributed by atoms with Crippen molar-refractivity contribution in [2.45, 2.75) is 27.7 Å². The molecule has 2 saturated heterocycles. The van der Waals surface area contributed by atoms with E-state index >= 15 is 0 Å². The Balaban J connectivity index is 0.000000829. The standard InChI is InChI=1S/C11H24N4O.2C2H6/c1-5-14(6-2-12-1)9-10-16-11-15-7-3-13-4-8-15;2*1-2/h12-13H,1-11H2;2*1-2H3. The Morgan fingerprint density at radius 2 is 1.20 bits per heavy atom. The molecule has 2 heterocycles. The van der Waals surface area contributed by atoms with Crippen LogP contribution in [0.25, 0.3) is 0 Å². The molecule has 2 fully saturated rings. The summed E-state index contributed by atoms with van der Waals surface area (Å²) in [6.07, 6.45) is 0. The largest absolute Gasteiger partial charge is 0.365 e. The second-order valence-electron chi connectivity index (χ2n) is 4.50. The van der Waals surface area contributed by atoms with E-state index in [4.69, 9.17) is 4.74 Å². The number of ether oxygens (including phenoxy) is 1. The van der Waals surface area contributed by atoms with E-state index in [1.807, 2.05) is 27.7 Å². The van der Waals surface area contributed by atoms with Crippen LogP contribution in [0.1, 0.15) is 27.7 Å². The third kappa shape index (κ3) is 9.66. The zero-order valence-electron chi connectivity index (χ0n) is 14.1. The van der Waals surface area contributed by atoms with Crippen LogP contribution in [-0.4, -0.2) is 82.0 Å². The van der Waals surface area contributed by atoms with Crippen molar-refractivity contribution in [2.75, 3.05) is 72.2 Å². The van der Waals surface area contributed by atoms with Gasteiger partial charge in [-0.3, -0.25) is 9.80 Å². The molecule has 0 aromatic heterocycles. The zero-order valence-corrected chi connectivity index (χ0v) is 14.1. The fourth-order valence-corrected chi connectivity index (χ4v) is 2.16. The third-order valence-corrected chi connectivity index (χ3v) is 3.24. The quantitative estimate of drug-likeness (QED) is 0.733. The molecule has 0 unspecified atom stereocenters. The van der Waals surface area contributed by atoms with Gasteiger partial charge in [-0.05, 0) is 0 Å². The maximum Gasteiger partial charge on any atom is 0.0991 e. The average Bonchev–Trinajstić information content (AvgIpc) is 2.57. The lowest BCUT2D eigenvalue weighted by Crippen LogP contribution is -2.46. The molecule has 20 heavy (non-hydrogen) atoms. The van der Waals surface area contributed by atoms with Crippen LogP contribution in [0.2, 0.25) is 0 Å². The monoisotopic (exact) mass is 288 g/mol. The highest BCUT2D eigenvalue weighted by atomic mass is 16.5. The molecule has 0 saturated carbocycles. The number of hydrogen-bond donors (Lipinski definition) is 2. The molecule has 122 valence electrons. The van der Waals surface area contributed by atoms with Crippen molar-refractivity contribution >= 4 is 0 Å². The molecule has 2 aliphatic heterocycles. The molecule has 0 aromatic carbocycles. The number of hydrogen-bond acceptors (Lipinski definition) is 5. The first-order valence-electron chi connectivity index (χ1n) is 8.39. The first-order valence-corrected chi connectivity index (χ1v) is 8.39. The Hall–Kier alpha value is -0.200. The second-order valence-corrected chi connectivity index (χ2v) is 4.50. The van der Waals surface area contributed by atoms with E-state index in [2.05, 4.69) is 20.4 Å². The average molecular weight is 288 g/mol. The van der Waals surface area contributed by atoms with Gasteiger partial charge < -0.3 is 15.4 Å². The first-order chi connectivity index (χ1) is 9.95. The summed E-state index contributed by atoms with van der Waals surface area (Å²) in [5, 5.41) is 6.70. The molecule has 0 atom stereocenters. The molecular weight excluding hydrogens is 252 g/mol. The highest BCUT2D eigenvalue weighted by Gasteiger charge is 2.10. The SMILES string of the molecule is C1CN(CCOCN2CCNCC2)CCN1.CC.CC. The van der Waals surface area contributed by atoms with E-state index in [0.717, 1.165) is 72.2 Å². The van der Waals surface area contributed by atoms with Gasteiger partial charge in [0.05, 0.1) is 13.3 Å². The molecule has 0 spiro atoms. The van der Waals surface area contributed by atoms with Crippen LogP contribution in [0.4, 0.5) is 0 Å². The van der Waals surface area contributed by atoms with Crippen molar-refractivity contribution in [3.63, 3.8) is 0 Å². The van der Waals surface area contributed by atoms with Gasteiger partial charge in [-0.2, -0.15) is 0 Å². The molecule has 2 aliphatic rings. The maximum absolute atomic E-state index is 5.71. The number of piperazine rings is 2. The Morgan fingerprint density at radius 1 is 0.750 bits per heavy atom. The lowest BCUT2D eigenvalue weighted by molar-refractivity contribution is 0.0118. The van der Waals surface area contributed by atoms with Crippen LogP contribution in [0.3, 0.4) is 0 Å². The van der Waals surface area contributed by atoms with Gasteiger partial charge in [-0.15, -0.1) is 0 Å². The van der Waals surface area contributed by atoms with E-state index in [0.29, 0.717) is 0 Å². The van der Waals surface area contributed by atoms with Gasteiger partial charge in [0, 0.05) is 58.9 Å². The fraction of sp³-hybridized carbons (Fsp3) is 1.00. The highest BCUT2D eigenvalue weighted by molar-refractivity contribution is 4.67. The molecule has 5 nitrogen and oxygen atoms in total. The summed E-state index contributed by atoms with van der Waals surface area (Å²) >= 11 is 0. The zero-order chi connectivity index (χ0) is 15.1. The van der Waals surface area contributed by atoms with E-state index in [1.165, 1.54) is 0 Å². The van der Waals surface area contributed by atoms with Gasteiger partial charge in [0.2, 0.25) is 0 Å². The third-order valence-electron chi connectivity index (χ3n) is 3.24. The van der Waals surface area contributed by atoms with E-state index in [9.17, 15) is 0 Å². The molecule has 2 rings (SSSR count). The Morgan fingerprint density at radius 3 is 1.70 bits per heavy atom. The predicted octanol–water partition coefficient (Wildman–Crippen LogP) is 0.823. The maximum atomic E-state index is 5.71. The van der Waals surface area contributed by atoms with Crippen molar-refractivity contribution < 1.29 is 4.74 Å². The van der Waals surface area contributed by atoms with Gasteiger partial charge in [-0.1, -0.05) is 27.7 Å². The van der Waals surface area contributed by atoms with Gasteiger partial charge in [0.25, 0.3) is 0 Å². The molecule has 0 amide bonds. The minimum Gasteiger partial charge on any atom is -0.365 e. The summed E-state index contributed by atoms with van der Waals surface area (Å²) < 4.78 is 5.71. The summed E-state index contributed by atoms with van der Waals surface area (Å²) in [5.74, 6) is 0. The Bertz CT molecular complexity index is 161.